The molecule has 0 aliphatic heterocycles. The number of phenols is 2. The van der Waals surface area contributed by atoms with Crippen LogP contribution in [0.3, 0.4) is 0 Å². The number of hydrogen-bond acceptors (Lipinski definition) is 5. The Morgan fingerprint density at radius 1 is 1.06 bits per heavy atom. The summed E-state index contributed by atoms with van der Waals surface area (Å²) in [6.45, 7) is 4.58. The maximum Gasteiger partial charge on any atom is 0.323 e. The van der Waals surface area contributed by atoms with Gasteiger partial charge in [0.25, 0.3) is 5.91 Å². The summed E-state index contributed by atoms with van der Waals surface area (Å²) in [5.74, 6) is -1.42. The van der Waals surface area contributed by atoms with Crippen LogP contribution in [0.25, 0.3) is 0 Å². The number of aromatic hydroxyl groups is 2. The number of carbonyl (C=O) groups is 2. The lowest BCUT2D eigenvalue weighted by molar-refractivity contribution is -0.144. The Morgan fingerprint density at radius 3 is 2.34 bits per heavy atom. The average Bonchev–Trinajstić information content (AvgIpc) is 3.22. The quantitative estimate of drug-likeness (QED) is 0.494. The van der Waals surface area contributed by atoms with Gasteiger partial charge in [-0.05, 0) is 41.5 Å². The van der Waals surface area contributed by atoms with Gasteiger partial charge in [0.05, 0.1) is 5.56 Å². The van der Waals surface area contributed by atoms with E-state index in [2.05, 4.69) is 5.32 Å². The second kappa shape index (κ2) is 9.61. The fourth-order valence-corrected chi connectivity index (χ4v) is 4.33. The summed E-state index contributed by atoms with van der Waals surface area (Å²) >= 11 is 0. The topological polar surface area (TPSA) is 110 Å². The number of phenolic OH excluding ortho intramolecular Hbond substituents is 2. The highest BCUT2D eigenvalue weighted by atomic mass is 16.4. The fourth-order valence-electron chi connectivity index (χ4n) is 4.33. The number of nitrogens with zero attached hydrogens (tertiary/aromatic N) is 1. The minimum absolute atomic E-state index is 0.00519. The molecule has 1 amide bonds. The van der Waals surface area contributed by atoms with Crippen LogP contribution in [0.15, 0.2) is 36.4 Å². The SMILES string of the molecule is CC(C)c1cc(C(=O)N(C)Cc2cccc(CNC3(C(=O)O)CCCC3)c2)c(O)cc1O. The van der Waals surface area contributed by atoms with Crippen molar-refractivity contribution in [2.24, 2.45) is 0 Å². The monoisotopic (exact) mass is 440 g/mol. The molecule has 0 radical (unpaired) electrons. The number of hydrogen-bond donors (Lipinski definition) is 4. The van der Waals surface area contributed by atoms with Gasteiger partial charge in [0.2, 0.25) is 0 Å². The predicted molar refractivity (Wildman–Crippen MR) is 122 cm³/mol. The minimum Gasteiger partial charge on any atom is -0.508 e. The molecule has 0 atom stereocenters. The molecular weight excluding hydrogens is 408 g/mol. The van der Waals surface area contributed by atoms with Crippen molar-refractivity contribution in [2.45, 2.75) is 64.1 Å². The van der Waals surface area contributed by atoms with Crippen LogP contribution < -0.4 is 5.32 Å². The third-order valence-corrected chi connectivity index (χ3v) is 6.25. The third-order valence-electron chi connectivity index (χ3n) is 6.25. The number of nitrogens with one attached hydrogen (secondary N) is 1. The number of benzene rings is 2. The van der Waals surface area contributed by atoms with E-state index < -0.39 is 11.5 Å². The van der Waals surface area contributed by atoms with Gasteiger partial charge < -0.3 is 20.2 Å². The van der Waals surface area contributed by atoms with Gasteiger partial charge in [-0.15, -0.1) is 0 Å². The van der Waals surface area contributed by atoms with E-state index in [0.29, 0.717) is 31.5 Å². The number of amides is 1. The summed E-state index contributed by atoms with van der Waals surface area (Å²) < 4.78 is 0. The molecule has 2 aromatic carbocycles. The van der Waals surface area contributed by atoms with Crippen molar-refractivity contribution in [1.29, 1.82) is 0 Å². The number of aliphatic carboxylic acids is 1. The molecular formula is C25H32N2O5. The number of rotatable bonds is 8. The summed E-state index contributed by atoms with van der Waals surface area (Å²) in [6, 6.07) is 10.4. The van der Waals surface area contributed by atoms with Crippen LogP contribution in [0.5, 0.6) is 11.5 Å². The highest BCUT2D eigenvalue weighted by Crippen LogP contribution is 2.33. The maximum absolute atomic E-state index is 13.0. The molecule has 0 unspecified atom stereocenters. The molecule has 0 heterocycles. The Bertz CT molecular complexity index is 996. The van der Waals surface area contributed by atoms with Gasteiger partial charge in [0.15, 0.2) is 0 Å². The van der Waals surface area contributed by atoms with Gasteiger partial charge >= 0.3 is 5.97 Å². The fraction of sp³-hybridized carbons (Fsp3) is 0.440. The van der Waals surface area contributed by atoms with Crippen LogP contribution in [-0.2, 0) is 17.9 Å². The van der Waals surface area contributed by atoms with Crippen molar-refractivity contribution < 1.29 is 24.9 Å². The molecule has 3 rings (SSSR count). The van der Waals surface area contributed by atoms with Crippen LogP contribution in [0.2, 0.25) is 0 Å². The van der Waals surface area contributed by atoms with Crippen molar-refractivity contribution in [3.05, 3.63) is 58.7 Å². The van der Waals surface area contributed by atoms with Gasteiger partial charge in [0, 0.05) is 26.2 Å². The number of carbonyl (C=O) groups excluding carboxylic acids is 1. The molecule has 0 bridgehead atoms. The van der Waals surface area contributed by atoms with E-state index >= 15 is 0 Å². The van der Waals surface area contributed by atoms with E-state index in [1.54, 1.807) is 13.1 Å². The molecule has 0 aromatic heterocycles. The lowest BCUT2D eigenvalue weighted by atomic mass is 9.97. The number of carboxylic acids is 1. The molecule has 7 nitrogen and oxygen atoms in total. The first kappa shape index (κ1) is 23.6. The van der Waals surface area contributed by atoms with Crippen molar-refractivity contribution >= 4 is 11.9 Å². The molecule has 172 valence electrons. The lowest BCUT2D eigenvalue weighted by Gasteiger charge is -2.25. The molecule has 1 aliphatic carbocycles. The highest BCUT2D eigenvalue weighted by molar-refractivity contribution is 5.97. The van der Waals surface area contributed by atoms with Gasteiger partial charge in [-0.1, -0.05) is 51.0 Å². The second-order valence-corrected chi connectivity index (χ2v) is 9.01. The molecule has 32 heavy (non-hydrogen) atoms. The van der Waals surface area contributed by atoms with Crippen molar-refractivity contribution in [1.82, 2.24) is 10.2 Å². The van der Waals surface area contributed by atoms with Crippen molar-refractivity contribution in [3.63, 3.8) is 0 Å². The van der Waals surface area contributed by atoms with E-state index in [0.717, 1.165) is 24.0 Å². The molecule has 0 spiro atoms. The molecule has 1 aliphatic rings. The highest BCUT2D eigenvalue weighted by Gasteiger charge is 2.40. The zero-order chi connectivity index (χ0) is 23.5. The Morgan fingerprint density at radius 2 is 1.72 bits per heavy atom. The van der Waals surface area contributed by atoms with Crippen LogP contribution in [0.1, 0.15) is 72.5 Å². The van der Waals surface area contributed by atoms with Gasteiger partial charge in [0.1, 0.15) is 17.0 Å². The summed E-state index contributed by atoms with van der Waals surface area (Å²) in [5.41, 5.74) is 1.75. The zero-order valence-electron chi connectivity index (χ0n) is 18.9. The van der Waals surface area contributed by atoms with Crippen LogP contribution >= 0.6 is 0 Å². The van der Waals surface area contributed by atoms with E-state index in [9.17, 15) is 24.9 Å². The maximum atomic E-state index is 13.0. The molecule has 2 aromatic rings. The lowest BCUT2D eigenvalue weighted by Crippen LogP contribution is -2.49. The Labute approximate surface area is 188 Å². The zero-order valence-corrected chi connectivity index (χ0v) is 18.9. The Kier molecular flexibility index (Phi) is 7.09. The Balaban J connectivity index is 1.71. The van der Waals surface area contributed by atoms with E-state index in [1.165, 1.54) is 11.0 Å². The van der Waals surface area contributed by atoms with Crippen LogP contribution in [0.4, 0.5) is 0 Å². The summed E-state index contributed by atoms with van der Waals surface area (Å²) in [4.78, 5) is 26.2. The molecule has 7 heteroatoms. The molecule has 1 fully saturated rings. The van der Waals surface area contributed by atoms with Gasteiger partial charge in [-0.25, -0.2) is 0 Å². The first-order valence-corrected chi connectivity index (χ1v) is 11.0. The summed E-state index contributed by atoms with van der Waals surface area (Å²) in [5, 5.41) is 33.1. The standard InChI is InChI=1S/C25H32N2O5/c1-16(2)19-12-20(22(29)13-21(19)28)23(30)27(3)15-18-8-6-7-17(11-18)14-26-25(24(31)32)9-4-5-10-25/h6-8,11-13,16,26,28-29H,4-5,9-10,14-15H2,1-3H3,(H,31,32). The first-order chi connectivity index (χ1) is 15.1. The molecule has 4 N–H and O–H groups in total. The van der Waals surface area contributed by atoms with E-state index in [4.69, 9.17) is 0 Å². The normalized spacial score (nSPS) is 15.1. The van der Waals surface area contributed by atoms with Crippen LogP contribution in [-0.4, -0.2) is 44.7 Å². The number of carboxylic acid groups (broad SMARTS) is 1. The van der Waals surface area contributed by atoms with E-state index in [-0.39, 0.29) is 28.9 Å². The molecule has 1 saturated carbocycles. The smallest absolute Gasteiger partial charge is 0.323 e. The predicted octanol–water partition coefficient (Wildman–Crippen LogP) is 3.98. The van der Waals surface area contributed by atoms with Crippen LogP contribution in [0, 0.1) is 0 Å². The van der Waals surface area contributed by atoms with Gasteiger partial charge in [-0.3, -0.25) is 14.9 Å². The summed E-state index contributed by atoms with van der Waals surface area (Å²) in [6.07, 6.45) is 3.09. The second-order valence-electron chi connectivity index (χ2n) is 9.01. The third kappa shape index (κ3) is 5.05. The van der Waals surface area contributed by atoms with Gasteiger partial charge in [-0.2, -0.15) is 0 Å². The Hall–Kier alpha value is -3.06. The van der Waals surface area contributed by atoms with E-state index in [1.807, 2.05) is 38.1 Å². The summed E-state index contributed by atoms with van der Waals surface area (Å²) in [7, 11) is 1.66. The average molecular weight is 441 g/mol. The first-order valence-electron chi connectivity index (χ1n) is 11.0. The largest absolute Gasteiger partial charge is 0.508 e. The molecule has 0 saturated heterocycles. The van der Waals surface area contributed by atoms with Crippen molar-refractivity contribution in [3.8, 4) is 11.5 Å². The van der Waals surface area contributed by atoms with Crippen molar-refractivity contribution in [2.75, 3.05) is 7.05 Å². The minimum atomic E-state index is -0.854.